The number of rotatable bonds is 4. The van der Waals surface area contributed by atoms with Crippen LogP contribution in [-0.4, -0.2) is 45.5 Å². The second-order valence-corrected chi connectivity index (χ2v) is 8.91. The third-order valence-corrected chi connectivity index (χ3v) is 5.23. The van der Waals surface area contributed by atoms with E-state index in [2.05, 4.69) is 20.8 Å². The van der Waals surface area contributed by atoms with Crippen molar-refractivity contribution in [3.8, 4) is 0 Å². The molecule has 0 saturated carbocycles. The van der Waals surface area contributed by atoms with Crippen LogP contribution in [0.25, 0.3) is 0 Å². The molecule has 0 spiro atoms. The predicted octanol–water partition coefficient (Wildman–Crippen LogP) is 2.87. The quantitative estimate of drug-likeness (QED) is 0.867. The van der Waals surface area contributed by atoms with E-state index in [-0.39, 0.29) is 16.6 Å². The molecular weight excluding hydrogens is 274 g/mol. The number of hydrogen-bond donors (Lipinski definition) is 1. The van der Waals surface area contributed by atoms with Crippen molar-refractivity contribution in [3.63, 3.8) is 0 Å². The van der Waals surface area contributed by atoms with E-state index in [1.54, 1.807) is 25.6 Å². The molecule has 1 saturated heterocycles. The van der Waals surface area contributed by atoms with Gasteiger partial charge in [0.05, 0.1) is 11.2 Å². The van der Waals surface area contributed by atoms with Gasteiger partial charge in [-0.3, -0.25) is 9.59 Å². The van der Waals surface area contributed by atoms with Gasteiger partial charge in [0, 0.05) is 17.8 Å². The fraction of sp³-hybridized carbons (Fsp3) is 0.867. The molecule has 1 fully saturated rings. The van der Waals surface area contributed by atoms with Gasteiger partial charge >= 0.3 is 5.97 Å². The number of carboxylic acid groups (broad SMARTS) is 1. The molecular formula is C15H27NO3S. The summed E-state index contributed by atoms with van der Waals surface area (Å²) >= 11 is 1.64. The minimum absolute atomic E-state index is 0.0392. The summed E-state index contributed by atoms with van der Waals surface area (Å²) in [6, 6.07) is 0. The number of piperidine rings is 1. The van der Waals surface area contributed by atoms with Crippen LogP contribution in [-0.2, 0) is 9.59 Å². The largest absolute Gasteiger partial charge is 0.481 e. The Hall–Kier alpha value is -0.710. The second kappa shape index (κ2) is 6.37. The van der Waals surface area contributed by atoms with Crippen molar-refractivity contribution < 1.29 is 14.7 Å². The van der Waals surface area contributed by atoms with Gasteiger partial charge in [0.1, 0.15) is 0 Å². The number of likely N-dealkylation sites (tertiary alicyclic amines) is 1. The van der Waals surface area contributed by atoms with E-state index in [1.165, 1.54) is 0 Å². The van der Waals surface area contributed by atoms with Gasteiger partial charge in [0.15, 0.2) is 0 Å². The lowest BCUT2D eigenvalue weighted by Crippen LogP contribution is -2.47. The third kappa shape index (κ3) is 4.69. The van der Waals surface area contributed by atoms with Crippen LogP contribution in [0.15, 0.2) is 0 Å². The van der Waals surface area contributed by atoms with E-state index in [1.807, 2.05) is 4.90 Å². The highest BCUT2D eigenvalue weighted by Gasteiger charge is 2.39. The van der Waals surface area contributed by atoms with Crippen LogP contribution in [0, 0.1) is 11.3 Å². The molecule has 1 aliphatic heterocycles. The number of amides is 1. The van der Waals surface area contributed by atoms with E-state index < -0.39 is 11.4 Å². The maximum atomic E-state index is 12.2. The maximum Gasteiger partial charge on any atom is 0.309 e. The minimum Gasteiger partial charge on any atom is -0.481 e. The fourth-order valence-electron chi connectivity index (χ4n) is 2.34. The fourth-order valence-corrected chi connectivity index (χ4v) is 3.08. The number of carbonyl (C=O) groups excluding carboxylic acids is 1. The first-order valence-corrected chi connectivity index (χ1v) is 8.18. The van der Waals surface area contributed by atoms with Crippen molar-refractivity contribution in [2.75, 3.05) is 18.8 Å². The highest BCUT2D eigenvalue weighted by atomic mass is 32.2. The van der Waals surface area contributed by atoms with E-state index >= 15 is 0 Å². The predicted molar refractivity (Wildman–Crippen MR) is 82.9 cm³/mol. The molecule has 1 aliphatic rings. The molecule has 1 atom stereocenters. The zero-order valence-electron chi connectivity index (χ0n) is 13.2. The zero-order chi connectivity index (χ0) is 15.6. The smallest absolute Gasteiger partial charge is 0.309 e. The number of carbonyl (C=O) groups is 2. The van der Waals surface area contributed by atoms with Crippen LogP contribution in [0.2, 0.25) is 0 Å². The number of thioether (sulfide) groups is 1. The first-order valence-electron chi connectivity index (χ1n) is 7.19. The highest BCUT2D eigenvalue weighted by molar-refractivity contribution is 8.01. The summed E-state index contributed by atoms with van der Waals surface area (Å²) in [7, 11) is 0. The Labute approximate surface area is 126 Å². The Balaban J connectivity index is 2.61. The highest BCUT2D eigenvalue weighted by Crippen LogP contribution is 2.34. The Bertz CT molecular complexity index is 374. The molecule has 1 amide bonds. The van der Waals surface area contributed by atoms with Crippen LogP contribution in [0.3, 0.4) is 0 Å². The molecule has 20 heavy (non-hydrogen) atoms. The maximum absolute atomic E-state index is 12.2. The summed E-state index contributed by atoms with van der Waals surface area (Å²) in [6.07, 6.45) is 1.78. The van der Waals surface area contributed by atoms with Gasteiger partial charge in [-0.15, -0.1) is 11.8 Å². The van der Waals surface area contributed by atoms with Gasteiger partial charge in [-0.2, -0.15) is 0 Å². The molecule has 5 heteroatoms. The molecule has 4 nitrogen and oxygen atoms in total. The lowest BCUT2D eigenvalue weighted by molar-refractivity contribution is -0.152. The molecule has 116 valence electrons. The summed E-state index contributed by atoms with van der Waals surface area (Å²) in [5.41, 5.74) is -0.768. The van der Waals surface area contributed by atoms with Crippen molar-refractivity contribution in [1.82, 2.24) is 4.90 Å². The van der Waals surface area contributed by atoms with Crippen LogP contribution in [0.5, 0.6) is 0 Å². The molecule has 1 rings (SSSR count). The van der Waals surface area contributed by atoms with Crippen LogP contribution in [0.4, 0.5) is 0 Å². The van der Waals surface area contributed by atoms with Gasteiger partial charge in [0.2, 0.25) is 5.91 Å². The summed E-state index contributed by atoms with van der Waals surface area (Å²) in [6.45, 7) is 11.1. The van der Waals surface area contributed by atoms with Crippen molar-refractivity contribution in [2.24, 2.45) is 11.3 Å². The van der Waals surface area contributed by atoms with E-state index in [0.717, 1.165) is 19.4 Å². The summed E-state index contributed by atoms with van der Waals surface area (Å²) in [4.78, 5) is 25.4. The van der Waals surface area contributed by atoms with Crippen molar-refractivity contribution in [1.29, 1.82) is 0 Å². The normalized spacial score (nSPS) is 20.9. The average molecular weight is 301 g/mol. The zero-order valence-corrected chi connectivity index (χ0v) is 14.0. The summed E-state index contributed by atoms with van der Waals surface area (Å²) in [5.74, 6) is -0.127. The molecule has 1 N–H and O–H groups in total. The monoisotopic (exact) mass is 301 g/mol. The molecule has 0 aliphatic carbocycles. The van der Waals surface area contributed by atoms with E-state index in [9.17, 15) is 14.7 Å². The van der Waals surface area contributed by atoms with Gasteiger partial charge in [0.25, 0.3) is 0 Å². The minimum atomic E-state index is -0.777. The Kier molecular flexibility index (Phi) is 5.53. The molecule has 0 aromatic carbocycles. The van der Waals surface area contributed by atoms with Crippen molar-refractivity contribution in [3.05, 3.63) is 0 Å². The first kappa shape index (κ1) is 17.3. The molecule has 0 aromatic heterocycles. The molecule has 0 aromatic rings. The van der Waals surface area contributed by atoms with E-state index in [0.29, 0.717) is 12.3 Å². The number of carboxylic acids is 1. The van der Waals surface area contributed by atoms with Gasteiger partial charge in [-0.1, -0.05) is 20.8 Å². The lowest BCUT2D eigenvalue weighted by Gasteiger charge is -2.39. The van der Waals surface area contributed by atoms with Crippen LogP contribution < -0.4 is 0 Å². The van der Waals surface area contributed by atoms with Gasteiger partial charge < -0.3 is 10.0 Å². The Morgan fingerprint density at radius 3 is 2.35 bits per heavy atom. The Morgan fingerprint density at radius 2 is 1.85 bits per heavy atom. The molecule has 1 unspecified atom stereocenters. The van der Waals surface area contributed by atoms with Gasteiger partial charge in [-0.25, -0.2) is 0 Å². The van der Waals surface area contributed by atoms with E-state index in [4.69, 9.17) is 0 Å². The van der Waals surface area contributed by atoms with Crippen LogP contribution >= 0.6 is 11.8 Å². The third-order valence-electron chi connectivity index (χ3n) is 3.97. The lowest BCUT2D eigenvalue weighted by atomic mass is 9.74. The van der Waals surface area contributed by atoms with Gasteiger partial charge in [-0.05, 0) is 32.6 Å². The summed E-state index contributed by atoms with van der Waals surface area (Å²) in [5, 5.41) is 9.32. The SMILES string of the molecule is CC(C)(C)SCC(=O)N1CCCC(C(C)(C)C(=O)O)C1. The number of aliphatic carboxylic acids is 1. The van der Waals surface area contributed by atoms with Crippen molar-refractivity contribution >= 4 is 23.6 Å². The molecule has 1 heterocycles. The van der Waals surface area contributed by atoms with Crippen molar-refractivity contribution in [2.45, 2.75) is 52.2 Å². The summed E-state index contributed by atoms with van der Waals surface area (Å²) < 4.78 is 0.0746. The number of nitrogens with zero attached hydrogens (tertiary/aromatic N) is 1. The molecule has 0 bridgehead atoms. The standard InChI is InChI=1S/C15H27NO3S/c1-14(2,3)20-10-12(17)16-8-6-7-11(9-16)15(4,5)13(18)19/h11H,6-10H2,1-5H3,(H,18,19). The average Bonchev–Trinajstić information content (AvgIpc) is 2.35. The molecule has 0 radical (unpaired) electrons. The first-order chi connectivity index (χ1) is 9.04. The van der Waals surface area contributed by atoms with Crippen LogP contribution in [0.1, 0.15) is 47.5 Å². The Morgan fingerprint density at radius 1 is 1.25 bits per heavy atom. The topological polar surface area (TPSA) is 57.6 Å². The second-order valence-electron chi connectivity index (χ2n) is 7.11. The number of hydrogen-bond acceptors (Lipinski definition) is 3.